The lowest BCUT2D eigenvalue weighted by Gasteiger charge is -2.22. The van der Waals surface area contributed by atoms with Crippen LogP contribution < -0.4 is 5.43 Å². The standard InChI is InChI=1S/C9H11Cl2FN4O2/c1-4(2)3-16(9(17)18)15-7-5(12)6(10)13-8(11)14-7/h4H,3H2,1-2H3,(H,17,18)(H,13,14,15). The summed E-state index contributed by atoms with van der Waals surface area (Å²) in [4.78, 5) is 17.9. The van der Waals surface area contributed by atoms with Gasteiger partial charge in [-0.05, 0) is 17.5 Å². The number of hydrogen-bond donors (Lipinski definition) is 2. The number of nitrogens with zero attached hydrogens (tertiary/aromatic N) is 3. The first-order valence-electron chi connectivity index (χ1n) is 4.97. The van der Waals surface area contributed by atoms with Gasteiger partial charge in [-0.25, -0.2) is 14.8 Å². The molecule has 0 unspecified atom stereocenters. The first-order valence-corrected chi connectivity index (χ1v) is 5.72. The molecular weight excluding hydrogens is 286 g/mol. The van der Waals surface area contributed by atoms with Crippen molar-refractivity contribution >= 4 is 35.1 Å². The van der Waals surface area contributed by atoms with Crippen LogP contribution in [0.3, 0.4) is 0 Å². The minimum Gasteiger partial charge on any atom is -0.464 e. The van der Waals surface area contributed by atoms with Gasteiger partial charge in [0.25, 0.3) is 0 Å². The molecule has 0 aromatic carbocycles. The van der Waals surface area contributed by atoms with Gasteiger partial charge in [-0.2, -0.15) is 9.37 Å². The van der Waals surface area contributed by atoms with Crippen molar-refractivity contribution in [2.75, 3.05) is 12.0 Å². The molecule has 1 amide bonds. The Bertz CT molecular complexity index is 458. The summed E-state index contributed by atoms with van der Waals surface area (Å²) in [5.74, 6) is -1.30. The van der Waals surface area contributed by atoms with Crippen LogP contribution in [-0.2, 0) is 0 Å². The first-order chi connectivity index (χ1) is 8.31. The van der Waals surface area contributed by atoms with E-state index in [2.05, 4.69) is 15.4 Å². The summed E-state index contributed by atoms with van der Waals surface area (Å²) in [6.07, 6.45) is -1.27. The normalized spacial score (nSPS) is 10.6. The highest BCUT2D eigenvalue weighted by atomic mass is 35.5. The molecule has 1 rings (SSSR count). The van der Waals surface area contributed by atoms with Gasteiger partial charge in [-0.15, -0.1) is 0 Å². The van der Waals surface area contributed by atoms with Gasteiger partial charge in [0.05, 0.1) is 0 Å². The monoisotopic (exact) mass is 296 g/mol. The molecule has 1 aromatic rings. The van der Waals surface area contributed by atoms with Crippen LogP contribution in [0.4, 0.5) is 15.0 Å². The fourth-order valence-corrected chi connectivity index (χ4v) is 1.51. The highest BCUT2D eigenvalue weighted by Crippen LogP contribution is 2.21. The Morgan fingerprint density at radius 2 is 2.11 bits per heavy atom. The van der Waals surface area contributed by atoms with E-state index in [4.69, 9.17) is 28.3 Å². The number of hydrazine groups is 1. The van der Waals surface area contributed by atoms with Crippen molar-refractivity contribution in [3.05, 3.63) is 16.3 Å². The van der Waals surface area contributed by atoms with E-state index in [0.29, 0.717) is 0 Å². The van der Waals surface area contributed by atoms with Gasteiger partial charge in [0.1, 0.15) is 0 Å². The number of anilines is 1. The molecule has 0 atom stereocenters. The molecule has 1 aromatic heterocycles. The maximum atomic E-state index is 13.5. The molecule has 9 heteroatoms. The van der Waals surface area contributed by atoms with Gasteiger partial charge < -0.3 is 5.11 Å². The lowest BCUT2D eigenvalue weighted by Crippen LogP contribution is -2.38. The molecule has 0 aliphatic carbocycles. The summed E-state index contributed by atoms with van der Waals surface area (Å²) < 4.78 is 13.5. The average molecular weight is 297 g/mol. The quantitative estimate of drug-likeness (QED) is 0.507. The van der Waals surface area contributed by atoms with Gasteiger partial charge in [-0.3, -0.25) is 5.43 Å². The zero-order chi connectivity index (χ0) is 13.9. The van der Waals surface area contributed by atoms with Gasteiger partial charge in [-0.1, -0.05) is 25.4 Å². The predicted octanol–water partition coefficient (Wildman–Crippen LogP) is 2.89. The Labute approximate surface area is 113 Å². The largest absolute Gasteiger partial charge is 0.464 e. The van der Waals surface area contributed by atoms with E-state index in [1.807, 2.05) is 13.8 Å². The second-order valence-electron chi connectivity index (χ2n) is 3.84. The maximum absolute atomic E-state index is 13.5. The fourth-order valence-electron chi connectivity index (χ4n) is 1.13. The summed E-state index contributed by atoms with van der Waals surface area (Å²) in [7, 11) is 0. The molecule has 0 aliphatic heterocycles. The highest BCUT2D eigenvalue weighted by molar-refractivity contribution is 6.32. The van der Waals surface area contributed by atoms with Crippen LogP contribution in [0.2, 0.25) is 10.4 Å². The van der Waals surface area contributed by atoms with Crippen molar-refractivity contribution in [3.8, 4) is 0 Å². The number of hydrogen-bond acceptors (Lipinski definition) is 4. The molecule has 0 radical (unpaired) electrons. The van der Waals surface area contributed by atoms with Crippen LogP contribution in [0, 0.1) is 11.7 Å². The van der Waals surface area contributed by atoms with E-state index < -0.39 is 17.1 Å². The molecule has 6 nitrogen and oxygen atoms in total. The lowest BCUT2D eigenvalue weighted by atomic mass is 10.2. The van der Waals surface area contributed by atoms with Crippen LogP contribution in [0.15, 0.2) is 0 Å². The van der Waals surface area contributed by atoms with Crippen molar-refractivity contribution in [2.24, 2.45) is 5.92 Å². The third-order valence-corrected chi connectivity index (χ3v) is 2.22. The fraction of sp³-hybridized carbons (Fsp3) is 0.444. The zero-order valence-corrected chi connectivity index (χ0v) is 11.1. The summed E-state index contributed by atoms with van der Waals surface area (Å²) in [5, 5.41) is 8.98. The molecule has 0 aliphatic rings. The SMILES string of the molecule is CC(C)CN(Nc1nc(Cl)nc(Cl)c1F)C(=O)O. The number of carboxylic acid groups (broad SMARTS) is 1. The van der Waals surface area contributed by atoms with E-state index in [1.54, 1.807) is 0 Å². The van der Waals surface area contributed by atoms with E-state index in [9.17, 15) is 9.18 Å². The lowest BCUT2D eigenvalue weighted by molar-refractivity contribution is 0.150. The summed E-state index contributed by atoms with van der Waals surface area (Å²) in [6, 6.07) is 0. The van der Waals surface area contributed by atoms with E-state index in [-0.39, 0.29) is 23.6 Å². The third kappa shape index (κ3) is 3.85. The molecule has 0 saturated heterocycles. The second-order valence-corrected chi connectivity index (χ2v) is 4.54. The van der Waals surface area contributed by atoms with E-state index >= 15 is 0 Å². The molecule has 0 fully saturated rings. The zero-order valence-electron chi connectivity index (χ0n) is 9.62. The van der Waals surface area contributed by atoms with Gasteiger partial charge >= 0.3 is 6.09 Å². The van der Waals surface area contributed by atoms with Crippen LogP contribution in [0.25, 0.3) is 0 Å². The number of rotatable bonds is 4. The number of nitrogens with one attached hydrogen (secondary N) is 1. The molecular formula is C9H11Cl2FN4O2. The Morgan fingerprint density at radius 3 is 2.61 bits per heavy atom. The Morgan fingerprint density at radius 1 is 1.50 bits per heavy atom. The van der Waals surface area contributed by atoms with Crippen molar-refractivity contribution < 1.29 is 14.3 Å². The molecule has 0 bridgehead atoms. The van der Waals surface area contributed by atoms with Crippen LogP contribution in [0.1, 0.15) is 13.8 Å². The predicted molar refractivity (Wildman–Crippen MR) is 65.2 cm³/mol. The average Bonchev–Trinajstić information content (AvgIpc) is 2.23. The third-order valence-electron chi connectivity index (χ3n) is 1.80. The number of amides is 1. The van der Waals surface area contributed by atoms with Crippen molar-refractivity contribution in [2.45, 2.75) is 13.8 Å². The number of halogens is 3. The Kier molecular flexibility index (Phi) is 4.92. The highest BCUT2D eigenvalue weighted by Gasteiger charge is 2.18. The first kappa shape index (κ1) is 14.7. The van der Waals surface area contributed by atoms with Gasteiger partial charge in [0.15, 0.2) is 11.0 Å². The van der Waals surface area contributed by atoms with Crippen LogP contribution in [0.5, 0.6) is 0 Å². The molecule has 2 N–H and O–H groups in total. The number of carbonyl (C=O) groups is 1. The molecule has 0 saturated carbocycles. The Hall–Kier alpha value is -1.34. The summed E-state index contributed by atoms with van der Waals surface area (Å²) in [5.41, 5.74) is 2.30. The van der Waals surface area contributed by atoms with Crippen molar-refractivity contribution in [1.82, 2.24) is 15.0 Å². The number of aromatic nitrogens is 2. The van der Waals surface area contributed by atoms with Gasteiger partial charge in [0, 0.05) is 6.54 Å². The summed E-state index contributed by atoms with van der Waals surface area (Å²) in [6.45, 7) is 3.77. The molecule has 0 spiro atoms. The Balaban J connectivity index is 2.97. The minimum absolute atomic E-state index is 0.0458. The molecule has 100 valence electrons. The van der Waals surface area contributed by atoms with E-state index in [0.717, 1.165) is 5.01 Å². The molecule has 1 heterocycles. The second kappa shape index (κ2) is 6.01. The van der Waals surface area contributed by atoms with Crippen molar-refractivity contribution in [3.63, 3.8) is 0 Å². The van der Waals surface area contributed by atoms with Gasteiger partial charge in [0.2, 0.25) is 11.1 Å². The molecule has 18 heavy (non-hydrogen) atoms. The smallest absolute Gasteiger partial charge is 0.426 e. The topological polar surface area (TPSA) is 78.3 Å². The van der Waals surface area contributed by atoms with E-state index in [1.165, 1.54) is 0 Å². The van der Waals surface area contributed by atoms with Crippen molar-refractivity contribution in [1.29, 1.82) is 0 Å². The summed E-state index contributed by atoms with van der Waals surface area (Å²) >= 11 is 11.0. The maximum Gasteiger partial charge on any atom is 0.426 e. The minimum atomic E-state index is -1.27. The van der Waals surface area contributed by atoms with Crippen LogP contribution >= 0.6 is 23.2 Å². The van der Waals surface area contributed by atoms with Crippen LogP contribution in [-0.4, -0.2) is 32.7 Å².